The molecule has 1 amide bonds. The van der Waals surface area contributed by atoms with E-state index in [0.29, 0.717) is 22.9 Å². The molecule has 0 bridgehead atoms. The second kappa shape index (κ2) is 8.80. The predicted octanol–water partition coefficient (Wildman–Crippen LogP) is 5.01. The normalized spacial score (nSPS) is 15.8. The van der Waals surface area contributed by atoms with E-state index in [1.165, 1.54) is 0 Å². The van der Waals surface area contributed by atoms with Crippen molar-refractivity contribution in [3.63, 3.8) is 0 Å². The average Bonchev–Trinajstić information content (AvgIpc) is 3.23. The molecule has 5 nitrogen and oxygen atoms in total. The quantitative estimate of drug-likeness (QED) is 0.639. The molecule has 2 aromatic carbocycles. The first-order valence-electron chi connectivity index (χ1n) is 9.11. The van der Waals surface area contributed by atoms with Crippen LogP contribution in [0.25, 0.3) is 0 Å². The van der Waals surface area contributed by atoms with E-state index in [0.717, 1.165) is 23.7 Å². The molecule has 1 aliphatic rings. The second-order valence-corrected chi connectivity index (χ2v) is 7.53. The number of rotatable bonds is 6. The Morgan fingerprint density at radius 3 is 2.57 bits per heavy atom. The zero-order chi connectivity index (χ0) is 19.2. The lowest BCUT2D eigenvalue weighted by molar-refractivity contribution is 0.102. The largest absolute Gasteiger partial charge is 0.473 e. The van der Waals surface area contributed by atoms with Crippen molar-refractivity contribution in [3.05, 3.63) is 78.5 Å². The van der Waals surface area contributed by atoms with Gasteiger partial charge in [0.15, 0.2) is 0 Å². The lowest BCUT2D eigenvalue weighted by Crippen LogP contribution is -2.17. The number of amides is 1. The van der Waals surface area contributed by atoms with Crippen molar-refractivity contribution in [1.82, 2.24) is 4.98 Å². The number of pyridine rings is 1. The van der Waals surface area contributed by atoms with Gasteiger partial charge in [0.05, 0.1) is 0 Å². The lowest BCUT2D eigenvalue weighted by atomic mass is 10.2. The number of aromatic nitrogens is 1. The van der Waals surface area contributed by atoms with Gasteiger partial charge in [-0.2, -0.15) is 11.8 Å². The van der Waals surface area contributed by atoms with E-state index in [1.54, 1.807) is 18.3 Å². The van der Waals surface area contributed by atoms with Gasteiger partial charge in [0.2, 0.25) is 5.88 Å². The monoisotopic (exact) mass is 392 g/mol. The number of carbonyl (C=O) groups excluding carboxylic acids is 1. The number of para-hydroxylation sites is 1. The average molecular weight is 392 g/mol. The molecule has 6 heteroatoms. The summed E-state index contributed by atoms with van der Waals surface area (Å²) < 4.78 is 11.6. The van der Waals surface area contributed by atoms with Gasteiger partial charge in [0.1, 0.15) is 17.6 Å². The molecule has 28 heavy (non-hydrogen) atoms. The number of anilines is 1. The zero-order valence-corrected chi connectivity index (χ0v) is 16.0. The molecule has 0 aliphatic carbocycles. The molecule has 1 unspecified atom stereocenters. The summed E-state index contributed by atoms with van der Waals surface area (Å²) in [5, 5.41) is 2.89. The molecule has 1 aliphatic heterocycles. The van der Waals surface area contributed by atoms with Crippen LogP contribution >= 0.6 is 11.8 Å². The highest BCUT2D eigenvalue weighted by atomic mass is 32.2. The van der Waals surface area contributed by atoms with Crippen LogP contribution in [0.15, 0.2) is 72.9 Å². The van der Waals surface area contributed by atoms with Gasteiger partial charge in [-0.15, -0.1) is 0 Å². The SMILES string of the molecule is O=C(Nc1ccc(Oc2ccccc2)cc1)c1ccnc(OC2CCSC2)c1. The Morgan fingerprint density at radius 2 is 1.82 bits per heavy atom. The van der Waals surface area contributed by atoms with Gasteiger partial charge >= 0.3 is 0 Å². The number of carbonyl (C=O) groups is 1. The number of benzene rings is 2. The number of hydrogen-bond donors (Lipinski definition) is 1. The van der Waals surface area contributed by atoms with Crippen molar-refractivity contribution in [1.29, 1.82) is 0 Å². The summed E-state index contributed by atoms with van der Waals surface area (Å²) in [7, 11) is 0. The molecule has 1 aromatic heterocycles. The van der Waals surface area contributed by atoms with Gasteiger partial charge in [-0.25, -0.2) is 4.98 Å². The topological polar surface area (TPSA) is 60.5 Å². The van der Waals surface area contributed by atoms with E-state index in [1.807, 2.05) is 66.4 Å². The summed E-state index contributed by atoms with van der Waals surface area (Å²) in [4.78, 5) is 16.8. The van der Waals surface area contributed by atoms with Crippen molar-refractivity contribution < 1.29 is 14.3 Å². The van der Waals surface area contributed by atoms with E-state index < -0.39 is 0 Å². The second-order valence-electron chi connectivity index (χ2n) is 6.38. The first-order valence-corrected chi connectivity index (χ1v) is 10.3. The number of nitrogens with zero attached hydrogens (tertiary/aromatic N) is 1. The van der Waals surface area contributed by atoms with Crippen molar-refractivity contribution in [3.8, 4) is 17.4 Å². The number of thioether (sulfide) groups is 1. The van der Waals surface area contributed by atoms with Crippen LogP contribution in [0.1, 0.15) is 16.8 Å². The van der Waals surface area contributed by atoms with Gasteiger partial charge < -0.3 is 14.8 Å². The van der Waals surface area contributed by atoms with Crippen LogP contribution in [-0.4, -0.2) is 28.5 Å². The fraction of sp³-hybridized carbons (Fsp3) is 0.182. The molecular weight excluding hydrogens is 372 g/mol. The highest BCUT2D eigenvalue weighted by Crippen LogP contribution is 2.24. The number of nitrogens with one attached hydrogen (secondary N) is 1. The molecule has 0 spiro atoms. The molecule has 4 rings (SSSR count). The van der Waals surface area contributed by atoms with Crippen LogP contribution in [-0.2, 0) is 0 Å². The van der Waals surface area contributed by atoms with Crippen LogP contribution in [0.3, 0.4) is 0 Å². The van der Waals surface area contributed by atoms with Crippen molar-refractivity contribution in [2.24, 2.45) is 0 Å². The number of ether oxygens (including phenoxy) is 2. The first-order chi connectivity index (χ1) is 13.8. The molecule has 142 valence electrons. The van der Waals surface area contributed by atoms with Crippen LogP contribution in [0.4, 0.5) is 5.69 Å². The predicted molar refractivity (Wildman–Crippen MR) is 112 cm³/mol. The first kappa shape index (κ1) is 18.4. The molecule has 1 atom stereocenters. The van der Waals surface area contributed by atoms with Gasteiger partial charge in [-0.3, -0.25) is 4.79 Å². The summed E-state index contributed by atoms with van der Waals surface area (Å²) in [6.45, 7) is 0. The fourth-order valence-electron chi connectivity index (χ4n) is 2.83. The van der Waals surface area contributed by atoms with Crippen LogP contribution in [0.5, 0.6) is 17.4 Å². The maximum atomic E-state index is 12.5. The van der Waals surface area contributed by atoms with Crippen molar-refractivity contribution in [2.75, 3.05) is 16.8 Å². The third kappa shape index (κ3) is 4.84. The van der Waals surface area contributed by atoms with Gasteiger partial charge in [0, 0.05) is 29.3 Å². The molecule has 1 saturated heterocycles. The highest BCUT2D eigenvalue weighted by Gasteiger charge is 2.18. The molecule has 1 N–H and O–H groups in total. The van der Waals surface area contributed by atoms with Gasteiger partial charge in [0.25, 0.3) is 5.91 Å². The molecule has 3 aromatic rings. The summed E-state index contributed by atoms with van der Waals surface area (Å²) in [6.07, 6.45) is 2.79. The molecule has 1 fully saturated rings. The Hall–Kier alpha value is -2.99. The van der Waals surface area contributed by atoms with Crippen LogP contribution in [0.2, 0.25) is 0 Å². The van der Waals surface area contributed by atoms with E-state index in [4.69, 9.17) is 9.47 Å². The van der Waals surface area contributed by atoms with E-state index in [9.17, 15) is 4.79 Å². The summed E-state index contributed by atoms with van der Waals surface area (Å²) in [6, 6.07) is 20.2. The maximum absolute atomic E-state index is 12.5. The molecule has 2 heterocycles. The Kier molecular flexibility index (Phi) is 5.77. The lowest BCUT2D eigenvalue weighted by Gasteiger charge is -2.12. The zero-order valence-electron chi connectivity index (χ0n) is 15.2. The summed E-state index contributed by atoms with van der Waals surface area (Å²) in [5.41, 5.74) is 1.21. The minimum atomic E-state index is -0.204. The Morgan fingerprint density at radius 1 is 1.04 bits per heavy atom. The minimum Gasteiger partial charge on any atom is -0.473 e. The summed E-state index contributed by atoms with van der Waals surface area (Å²) >= 11 is 1.87. The van der Waals surface area contributed by atoms with Crippen LogP contribution in [0, 0.1) is 0 Å². The third-order valence-electron chi connectivity index (χ3n) is 4.26. The third-order valence-corrected chi connectivity index (χ3v) is 5.40. The highest BCUT2D eigenvalue weighted by molar-refractivity contribution is 7.99. The molecular formula is C22H20N2O3S. The van der Waals surface area contributed by atoms with Gasteiger partial charge in [-0.05, 0) is 54.6 Å². The molecule has 0 saturated carbocycles. The number of hydrogen-bond acceptors (Lipinski definition) is 5. The van der Waals surface area contributed by atoms with Gasteiger partial charge in [-0.1, -0.05) is 18.2 Å². The summed E-state index contributed by atoms with van der Waals surface area (Å²) in [5.74, 6) is 3.84. The molecule has 0 radical (unpaired) electrons. The Bertz CT molecular complexity index is 926. The minimum absolute atomic E-state index is 0.174. The van der Waals surface area contributed by atoms with E-state index in [2.05, 4.69) is 10.3 Å². The standard InChI is InChI=1S/C22H20N2O3S/c25-22(16-10-12-23-21(14-16)27-20-11-13-28-15-20)24-17-6-8-19(9-7-17)26-18-4-2-1-3-5-18/h1-10,12,14,20H,11,13,15H2,(H,24,25). The smallest absolute Gasteiger partial charge is 0.255 e. The Labute approximate surface area is 168 Å². The Balaban J connectivity index is 1.38. The van der Waals surface area contributed by atoms with Crippen molar-refractivity contribution in [2.45, 2.75) is 12.5 Å². The maximum Gasteiger partial charge on any atom is 0.255 e. The van der Waals surface area contributed by atoms with E-state index >= 15 is 0 Å². The van der Waals surface area contributed by atoms with Crippen LogP contribution < -0.4 is 14.8 Å². The van der Waals surface area contributed by atoms with E-state index in [-0.39, 0.29) is 12.0 Å². The fourth-order valence-corrected chi connectivity index (χ4v) is 3.92. The van der Waals surface area contributed by atoms with Crippen molar-refractivity contribution >= 4 is 23.4 Å².